The van der Waals surface area contributed by atoms with Crippen LogP contribution in [-0.4, -0.2) is 25.7 Å². The zero-order valence-corrected chi connectivity index (χ0v) is 7.34. The molecule has 1 aliphatic rings. The van der Waals surface area contributed by atoms with Crippen LogP contribution in [0.2, 0.25) is 0 Å². The number of piperidine rings is 1. The van der Waals surface area contributed by atoms with Crippen molar-refractivity contribution in [2.24, 2.45) is 5.92 Å². The number of carbonyl (C=O) groups excluding carboxylic acids is 1. The molecule has 0 aliphatic carbocycles. The lowest BCUT2D eigenvalue weighted by Gasteiger charge is -2.20. The lowest BCUT2D eigenvalue weighted by atomic mass is 9.99. The number of rotatable bonds is 3. The number of hydrogen-bond acceptors (Lipinski definition) is 3. The molecule has 1 radical (unpaired) electrons. The quantitative estimate of drug-likeness (QED) is 0.635. The molecule has 0 aromatic heterocycles. The fraction of sp³-hybridized carbons (Fsp3) is 0.778. The molecule has 12 heavy (non-hydrogen) atoms. The standard InChI is InChI=1S/C9H16NO2/c1-2-7-12-9(11)8-3-5-10-6-4-8/h8,10H,1-7H2. The minimum atomic E-state index is -0.0415. The van der Waals surface area contributed by atoms with E-state index in [4.69, 9.17) is 4.74 Å². The third-order valence-electron chi connectivity index (χ3n) is 2.06. The fourth-order valence-corrected chi connectivity index (χ4v) is 1.35. The van der Waals surface area contributed by atoms with E-state index in [0.717, 1.165) is 25.9 Å². The summed E-state index contributed by atoms with van der Waals surface area (Å²) in [5.74, 6) is 0.0814. The van der Waals surface area contributed by atoms with Crippen LogP contribution in [0.1, 0.15) is 19.3 Å². The Morgan fingerprint density at radius 3 is 2.75 bits per heavy atom. The van der Waals surface area contributed by atoms with Gasteiger partial charge in [0.25, 0.3) is 0 Å². The van der Waals surface area contributed by atoms with Crippen molar-refractivity contribution in [1.29, 1.82) is 0 Å². The van der Waals surface area contributed by atoms with Crippen molar-refractivity contribution < 1.29 is 9.53 Å². The van der Waals surface area contributed by atoms with E-state index in [1.54, 1.807) is 0 Å². The molecule has 0 aromatic rings. The van der Waals surface area contributed by atoms with Crippen molar-refractivity contribution in [3.05, 3.63) is 6.92 Å². The molecular weight excluding hydrogens is 154 g/mol. The highest BCUT2D eigenvalue weighted by molar-refractivity contribution is 5.72. The lowest BCUT2D eigenvalue weighted by molar-refractivity contribution is -0.149. The van der Waals surface area contributed by atoms with E-state index in [-0.39, 0.29) is 11.9 Å². The fourth-order valence-electron chi connectivity index (χ4n) is 1.35. The van der Waals surface area contributed by atoms with Crippen molar-refractivity contribution in [2.75, 3.05) is 19.7 Å². The number of carbonyl (C=O) groups is 1. The summed E-state index contributed by atoms with van der Waals surface area (Å²) in [5.41, 5.74) is 0. The van der Waals surface area contributed by atoms with Gasteiger partial charge in [0.2, 0.25) is 0 Å². The first-order chi connectivity index (χ1) is 5.84. The van der Waals surface area contributed by atoms with Crippen LogP contribution in [0.15, 0.2) is 0 Å². The zero-order chi connectivity index (χ0) is 8.81. The first-order valence-corrected chi connectivity index (χ1v) is 4.51. The van der Waals surface area contributed by atoms with Gasteiger partial charge in [-0.2, -0.15) is 0 Å². The maximum atomic E-state index is 11.3. The Labute approximate surface area is 73.5 Å². The van der Waals surface area contributed by atoms with E-state index in [2.05, 4.69) is 12.2 Å². The van der Waals surface area contributed by atoms with Crippen molar-refractivity contribution in [2.45, 2.75) is 19.3 Å². The largest absolute Gasteiger partial charge is 0.465 e. The second-order valence-electron chi connectivity index (χ2n) is 3.05. The molecule has 3 nitrogen and oxygen atoms in total. The summed E-state index contributed by atoms with van der Waals surface area (Å²) >= 11 is 0. The van der Waals surface area contributed by atoms with Gasteiger partial charge in [0.05, 0.1) is 12.5 Å². The van der Waals surface area contributed by atoms with Crippen LogP contribution in [0, 0.1) is 12.8 Å². The van der Waals surface area contributed by atoms with Crippen molar-refractivity contribution in [3.8, 4) is 0 Å². The number of esters is 1. The zero-order valence-electron chi connectivity index (χ0n) is 7.34. The van der Waals surface area contributed by atoms with Crippen LogP contribution in [0.5, 0.6) is 0 Å². The van der Waals surface area contributed by atoms with E-state index in [9.17, 15) is 4.79 Å². The molecule has 0 amide bonds. The van der Waals surface area contributed by atoms with Gasteiger partial charge >= 0.3 is 5.97 Å². The van der Waals surface area contributed by atoms with Gasteiger partial charge in [-0.3, -0.25) is 4.79 Å². The Morgan fingerprint density at radius 2 is 2.17 bits per heavy atom. The Bertz CT molecular complexity index is 141. The molecule has 0 spiro atoms. The molecule has 0 unspecified atom stereocenters. The number of ether oxygens (including phenoxy) is 1. The average molecular weight is 170 g/mol. The van der Waals surface area contributed by atoms with Gasteiger partial charge < -0.3 is 10.1 Å². The summed E-state index contributed by atoms with van der Waals surface area (Å²) in [4.78, 5) is 11.3. The summed E-state index contributed by atoms with van der Waals surface area (Å²) in [6.07, 6.45) is 2.49. The Morgan fingerprint density at radius 1 is 1.50 bits per heavy atom. The van der Waals surface area contributed by atoms with E-state index in [1.165, 1.54) is 0 Å². The normalized spacial score (nSPS) is 19.1. The molecule has 1 aliphatic heterocycles. The van der Waals surface area contributed by atoms with Crippen LogP contribution in [-0.2, 0) is 9.53 Å². The van der Waals surface area contributed by atoms with E-state index >= 15 is 0 Å². The summed E-state index contributed by atoms with van der Waals surface area (Å²) in [5, 5.41) is 3.21. The van der Waals surface area contributed by atoms with Crippen LogP contribution < -0.4 is 5.32 Å². The molecule has 0 saturated carbocycles. The van der Waals surface area contributed by atoms with E-state index in [1.807, 2.05) is 0 Å². The number of nitrogens with one attached hydrogen (secondary N) is 1. The van der Waals surface area contributed by atoms with Gasteiger partial charge in [-0.1, -0.05) is 0 Å². The smallest absolute Gasteiger partial charge is 0.309 e. The van der Waals surface area contributed by atoms with Gasteiger partial charge in [0.15, 0.2) is 0 Å². The summed E-state index contributed by atoms with van der Waals surface area (Å²) < 4.78 is 5.00. The van der Waals surface area contributed by atoms with Crippen molar-refractivity contribution in [3.63, 3.8) is 0 Å². The first-order valence-electron chi connectivity index (χ1n) is 4.51. The summed E-state index contributed by atoms with van der Waals surface area (Å²) in [6, 6.07) is 0. The highest BCUT2D eigenvalue weighted by Gasteiger charge is 2.21. The Balaban J connectivity index is 2.20. The monoisotopic (exact) mass is 170 g/mol. The highest BCUT2D eigenvalue weighted by atomic mass is 16.5. The topological polar surface area (TPSA) is 38.3 Å². The molecular formula is C9H16NO2. The minimum Gasteiger partial charge on any atom is -0.465 e. The van der Waals surface area contributed by atoms with Crippen molar-refractivity contribution >= 4 is 5.97 Å². The number of hydrogen-bond donors (Lipinski definition) is 1. The van der Waals surface area contributed by atoms with Gasteiger partial charge in [0, 0.05) is 0 Å². The molecule has 1 fully saturated rings. The summed E-state index contributed by atoms with van der Waals surface area (Å²) in [6.45, 7) is 5.94. The second-order valence-corrected chi connectivity index (χ2v) is 3.05. The molecule has 3 heteroatoms. The first kappa shape index (κ1) is 9.52. The van der Waals surface area contributed by atoms with Gasteiger partial charge in [-0.15, -0.1) is 0 Å². The Kier molecular flexibility index (Phi) is 4.08. The average Bonchev–Trinajstić information content (AvgIpc) is 2.15. The molecule has 0 bridgehead atoms. The predicted octanol–water partition coefficient (Wildman–Crippen LogP) is 0.753. The van der Waals surface area contributed by atoms with Gasteiger partial charge in [-0.05, 0) is 39.3 Å². The molecule has 1 heterocycles. The maximum absolute atomic E-state index is 11.3. The van der Waals surface area contributed by atoms with Crippen LogP contribution in [0.3, 0.4) is 0 Å². The lowest BCUT2D eigenvalue weighted by Crippen LogP contribution is -2.32. The minimum absolute atomic E-state index is 0.0415. The van der Waals surface area contributed by atoms with Gasteiger partial charge in [-0.25, -0.2) is 0 Å². The maximum Gasteiger partial charge on any atom is 0.309 e. The molecule has 1 N–H and O–H groups in total. The van der Waals surface area contributed by atoms with Crippen LogP contribution in [0.25, 0.3) is 0 Å². The summed E-state index contributed by atoms with van der Waals surface area (Å²) in [7, 11) is 0. The molecule has 0 aromatic carbocycles. The SMILES string of the molecule is [CH2]CCOC(=O)C1CCNCC1. The third kappa shape index (κ3) is 2.81. The third-order valence-corrected chi connectivity index (χ3v) is 2.06. The van der Waals surface area contributed by atoms with Crippen molar-refractivity contribution in [1.82, 2.24) is 5.32 Å². The van der Waals surface area contributed by atoms with E-state index < -0.39 is 0 Å². The molecule has 0 atom stereocenters. The molecule has 1 rings (SSSR count). The second kappa shape index (κ2) is 5.14. The highest BCUT2D eigenvalue weighted by Crippen LogP contribution is 2.13. The Hall–Kier alpha value is -0.570. The van der Waals surface area contributed by atoms with Gasteiger partial charge in [0.1, 0.15) is 0 Å². The van der Waals surface area contributed by atoms with E-state index in [0.29, 0.717) is 13.0 Å². The molecule has 69 valence electrons. The van der Waals surface area contributed by atoms with Crippen LogP contribution >= 0.6 is 0 Å². The molecule has 1 saturated heterocycles. The predicted molar refractivity (Wildman–Crippen MR) is 46.5 cm³/mol. The van der Waals surface area contributed by atoms with Crippen LogP contribution in [0.4, 0.5) is 0 Å².